The molecular formula is C26H30ClF3N6O2S. The van der Waals surface area contributed by atoms with Crippen molar-refractivity contribution in [3.05, 3.63) is 57.3 Å². The van der Waals surface area contributed by atoms with E-state index in [9.17, 15) is 22.8 Å². The summed E-state index contributed by atoms with van der Waals surface area (Å²) in [5.41, 5.74) is 1.73. The fraction of sp³-hybridized carbons (Fsp3) is 0.462. The van der Waals surface area contributed by atoms with Crippen LogP contribution >= 0.6 is 22.9 Å². The summed E-state index contributed by atoms with van der Waals surface area (Å²) in [6.45, 7) is 2.57. The Morgan fingerprint density at radius 3 is 2.69 bits per heavy atom. The van der Waals surface area contributed by atoms with E-state index in [1.807, 2.05) is 19.9 Å². The molecule has 4 rings (SSSR count). The predicted molar refractivity (Wildman–Crippen MR) is 145 cm³/mol. The molecule has 3 aromatic rings. The fourth-order valence-electron chi connectivity index (χ4n) is 4.63. The number of aryl methyl sites for hydroxylation is 1. The number of halogens is 4. The van der Waals surface area contributed by atoms with Gasteiger partial charge in [0.2, 0.25) is 5.91 Å². The number of pyridine rings is 1. The summed E-state index contributed by atoms with van der Waals surface area (Å²) in [4.78, 5) is 31.9. The Morgan fingerprint density at radius 1 is 1.23 bits per heavy atom. The molecule has 0 spiro atoms. The van der Waals surface area contributed by atoms with E-state index < -0.39 is 24.7 Å². The van der Waals surface area contributed by atoms with E-state index in [1.165, 1.54) is 11.3 Å². The summed E-state index contributed by atoms with van der Waals surface area (Å²) in [6, 6.07) is 4.39. The normalized spacial score (nSPS) is 15.6. The zero-order valence-corrected chi connectivity index (χ0v) is 23.1. The molecule has 1 aliphatic rings. The second-order valence-electron chi connectivity index (χ2n) is 9.80. The van der Waals surface area contributed by atoms with Gasteiger partial charge >= 0.3 is 6.18 Å². The maximum Gasteiger partial charge on any atom is 0.408 e. The molecule has 3 N–H and O–H groups in total. The van der Waals surface area contributed by atoms with Crippen molar-refractivity contribution in [3.8, 4) is 0 Å². The van der Waals surface area contributed by atoms with Crippen LogP contribution in [-0.2, 0) is 11.3 Å². The van der Waals surface area contributed by atoms with E-state index >= 15 is 0 Å². The zero-order valence-electron chi connectivity index (χ0n) is 21.5. The number of rotatable bonds is 10. The van der Waals surface area contributed by atoms with E-state index in [2.05, 4.69) is 26.0 Å². The first-order valence-electron chi connectivity index (χ1n) is 12.7. The lowest BCUT2D eigenvalue weighted by molar-refractivity contribution is -0.142. The van der Waals surface area contributed by atoms with Gasteiger partial charge in [-0.15, -0.1) is 11.3 Å². The van der Waals surface area contributed by atoms with Crippen molar-refractivity contribution in [1.82, 2.24) is 20.1 Å². The second-order valence-corrected chi connectivity index (χ2v) is 11.3. The molecule has 3 heterocycles. The van der Waals surface area contributed by atoms with Gasteiger partial charge in [-0.25, -0.2) is 0 Å². The van der Waals surface area contributed by atoms with Crippen LogP contribution in [0.3, 0.4) is 0 Å². The minimum Gasteiger partial charge on any atom is -0.376 e. The summed E-state index contributed by atoms with van der Waals surface area (Å²) in [5.74, 6) is -0.589. The number of hydrogen-bond acceptors (Lipinski definition) is 6. The van der Waals surface area contributed by atoms with Crippen LogP contribution in [0.5, 0.6) is 0 Å². The Bertz CT molecular complexity index is 1300. The smallest absolute Gasteiger partial charge is 0.376 e. The molecule has 2 atom stereocenters. The van der Waals surface area contributed by atoms with E-state index in [-0.39, 0.29) is 23.6 Å². The predicted octanol–water partition coefficient (Wildman–Crippen LogP) is 6.35. The summed E-state index contributed by atoms with van der Waals surface area (Å²) in [7, 11) is 0. The van der Waals surface area contributed by atoms with E-state index in [4.69, 9.17) is 11.6 Å². The summed E-state index contributed by atoms with van der Waals surface area (Å²) in [6.07, 6.45) is 3.95. The number of amides is 2. The molecule has 0 saturated heterocycles. The molecule has 0 bridgehead atoms. The zero-order chi connectivity index (χ0) is 28.2. The van der Waals surface area contributed by atoms with Crippen LogP contribution in [0.25, 0.3) is 0 Å². The van der Waals surface area contributed by atoms with Crippen LogP contribution in [0.4, 0.5) is 24.5 Å². The molecule has 8 nitrogen and oxygen atoms in total. The Balaban J connectivity index is 1.42. The quantitative estimate of drug-likeness (QED) is 0.258. The summed E-state index contributed by atoms with van der Waals surface area (Å²) < 4.78 is 38.7. The standard InChI is InChI=1S/C26H30ClF3N6O2S/c1-15-20(10-18(27)11-31-15)33-16(2)22-7-8-23(39-22)25(38)35-21(9-17-5-3-4-6-17)24(37)34-19-12-32-36(13-19)14-26(28,29)30/h7-8,10-13,16-17,21,33H,3-6,9,14H2,1-2H3,(H,34,37)(H,35,38). The Hall–Kier alpha value is -3.12. The van der Waals surface area contributed by atoms with Gasteiger partial charge in [-0.05, 0) is 44.4 Å². The maximum absolute atomic E-state index is 13.2. The van der Waals surface area contributed by atoms with Gasteiger partial charge in [-0.3, -0.25) is 19.3 Å². The van der Waals surface area contributed by atoms with Gasteiger partial charge in [-0.1, -0.05) is 37.3 Å². The molecule has 2 unspecified atom stereocenters. The largest absolute Gasteiger partial charge is 0.408 e. The molecule has 39 heavy (non-hydrogen) atoms. The third-order valence-corrected chi connectivity index (χ3v) is 8.08. The molecule has 2 amide bonds. The first-order valence-corrected chi connectivity index (χ1v) is 13.9. The number of hydrogen-bond donors (Lipinski definition) is 3. The minimum atomic E-state index is -4.43. The second kappa shape index (κ2) is 12.4. The maximum atomic E-state index is 13.2. The average Bonchev–Trinajstić information content (AvgIpc) is 3.62. The van der Waals surface area contributed by atoms with E-state index in [0.29, 0.717) is 21.0 Å². The highest BCUT2D eigenvalue weighted by atomic mass is 35.5. The number of nitrogens with zero attached hydrogens (tertiary/aromatic N) is 3. The highest BCUT2D eigenvalue weighted by molar-refractivity contribution is 7.14. The Morgan fingerprint density at radius 2 is 1.97 bits per heavy atom. The van der Waals surface area contributed by atoms with Gasteiger partial charge in [-0.2, -0.15) is 18.3 Å². The Labute approximate surface area is 233 Å². The van der Waals surface area contributed by atoms with Crippen LogP contribution in [-0.4, -0.2) is 38.8 Å². The molecule has 0 aromatic carbocycles. The number of anilines is 2. The van der Waals surface area contributed by atoms with Crippen molar-refractivity contribution in [2.75, 3.05) is 10.6 Å². The number of nitrogens with one attached hydrogen (secondary N) is 3. The molecule has 0 aliphatic heterocycles. The van der Waals surface area contributed by atoms with Crippen LogP contribution < -0.4 is 16.0 Å². The van der Waals surface area contributed by atoms with E-state index in [0.717, 1.165) is 54.3 Å². The molecule has 1 aliphatic carbocycles. The van der Waals surface area contributed by atoms with Crippen LogP contribution in [0.1, 0.15) is 65.3 Å². The molecule has 210 valence electrons. The third-order valence-electron chi connectivity index (χ3n) is 6.61. The first kappa shape index (κ1) is 28.9. The van der Waals surface area contributed by atoms with Gasteiger partial charge < -0.3 is 16.0 Å². The number of alkyl halides is 3. The van der Waals surface area contributed by atoms with Crippen LogP contribution in [0, 0.1) is 12.8 Å². The SMILES string of the molecule is Cc1ncc(Cl)cc1NC(C)c1ccc(C(=O)NC(CC2CCCC2)C(=O)Nc2cnn(CC(F)(F)F)c2)s1. The number of carbonyl (C=O) groups excluding carboxylic acids is 2. The molecular weight excluding hydrogens is 553 g/mol. The van der Waals surface area contributed by atoms with Crippen LogP contribution in [0.2, 0.25) is 5.02 Å². The van der Waals surface area contributed by atoms with Crippen molar-refractivity contribution in [2.24, 2.45) is 5.92 Å². The molecule has 3 aromatic heterocycles. The van der Waals surface area contributed by atoms with Gasteiger partial charge in [0.15, 0.2) is 0 Å². The lowest BCUT2D eigenvalue weighted by Crippen LogP contribution is -2.44. The van der Waals surface area contributed by atoms with Gasteiger partial charge in [0.05, 0.1) is 39.2 Å². The van der Waals surface area contributed by atoms with Crippen molar-refractivity contribution >= 4 is 46.1 Å². The van der Waals surface area contributed by atoms with Gasteiger partial charge in [0.1, 0.15) is 12.6 Å². The topological polar surface area (TPSA) is 101 Å². The van der Waals surface area contributed by atoms with Gasteiger partial charge in [0, 0.05) is 17.3 Å². The Kier molecular flexibility index (Phi) is 9.16. The summed E-state index contributed by atoms with van der Waals surface area (Å²) >= 11 is 7.38. The van der Waals surface area contributed by atoms with Crippen molar-refractivity contribution in [2.45, 2.75) is 70.8 Å². The number of thiophene rings is 1. The monoisotopic (exact) mass is 582 g/mol. The average molecular weight is 583 g/mol. The number of carbonyl (C=O) groups is 2. The third kappa shape index (κ3) is 8.18. The van der Waals surface area contributed by atoms with E-state index in [1.54, 1.807) is 18.3 Å². The van der Waals surface area contributed by atoms with Crippen molar-refractivity contribution in [1.29, 1.82) is 0 Å². The molecule has 13 heteroatoms. The van der Waals surface area contributed by atoms with Crippen molar-refractivity contribution in [3.63, 3.8) is 0 Å². The van der Waals surface area contributed by atoms with Gasteiger partial charge in [0.25, 0.3) is 5.91 Å². The lowest BCUT2D eigenvalue weighted by Gasteiger charge is -2.21. The fourth-order valence-corrected chi connectivity index (χ4v) is 5.70. The minimum absolute atomic E-state index is 0.124. The highest BCUT2D eigenvalue weighted by Gasteiger charge is 2.30. The molecule has 1 saturated carbocycles. The molecule has 0 radical (unpaired) electrons. The highest BCUT2D eigenvalue weighted by Crippen LogP contribution is 2.31. The summed E-state index contributed by atoms with van der Waals surface area (Å²) in [5, 5.41) is 13.0. The lowest BCUT2D eigenvalue weighted by atomic mass is 9.97. The number of aromatic nitrogens is 3. The first-order chi connectivity index (χ1) is 18.5. The van der Waals surface area contributed by atoms with Crippen molar-refractivity contribution < 1.29 is 22.8 Å². The molecule has 1 fully saturated rings. The van der Waals surface area contributed by atoms with Crippen LogP contribution in [0.15, 0.2) is 36.8 Å².